The Balaban J connectivity index is 4.65. The maximum Gasteiger partial charge on any atom is 0.264 e. The van der Waals surface area contributed by atoms with Crippen LogP contribution in [0.3, 0.4) is 0 Å². The Morgan fingerprint density at radius 2 is 1.07 bits per heavy atom. The van der Waals surface area contributed by atoms with E-state index in [4.69, 9.17) is 0 Å². The van der Waals surface area contributed by atoms with Crippen LogP contribution in [0.2, 0.25) is 0 Å². The van der Waals surface area contributed by atoms with Crippen molar-refractivity contribution in [2.75, 3.05) is 11.5 Å². The van der Waals surface area contributed by atoms with Gasteiger partial charge in [0.15, 0.2) is 0 Å². The molecule has 0 aliphatic heterocycles. The van der Waals surface area contributed by atoms with Crippen molar-refractivity contribution in [2.45, 2.75) is 0 Å². The minimum absolute atomic E-state index is 0.760. The van der Waals surface area contributed by atoms with Gasteiger partial charge in [-0.1, -0.05) is 8.80 Å². The van der Waals surface area contributed by atoms with Gasteiger partial charge in [-0.15, -0.1) is 0 Å². The summed E-state index contributed by atoms with van der Waals surface area (Å²) in [5, 5.41) is 0. The number of hydrogen-bond acceptors (Lipinski definition) is 6. The van der Waals surface area contributed by atoms with Crippen LogP contribution < -0.4 is 0 Å². The minimum Gasteiger partial charge on any atom is -0.210 e. The fourth-order valence-electron chi connectivity index (χ4n) is 0.415. The zero-order chi connectivity index (χ0) is 11.2. The highest BCUT2D eigenvalue weighted by Crippen LogP contribution is 1.96. The first-order chi connectivity index (χ1) is 6.33. The zero-order valence-corrected chi connectivity index (χ0v) is 8.21. The number of rotatable bonds is 5. The van der Waals surface area contributed by atoms with Crippen LogP contribution in [0.25, 0.3) is 0 Å². The number of isocyanates is 2. The van der Waals surface area contributed by atoms with Gasteiger partial charge in [-0.25, -0.2) is 26.4 Å². The summed E-state index contributed by atoms with van der Waals surface area (Å²) in [7, 11) is -8.30. The van der Waals surface area contributed by atoms with Crippen molar-refractivity contribution in [3.8, 4) is 0 Å². The van der Waals surface area contributed by atoms with E-state index < -0.39 is 31.6 Å². The molecule has 0 aromatic heterocycles. The summed E-state index contributed by atoms with van der Waals surface area (Å²) in [6.45, 7) is 0. The highest BCUT2D eigenvalue weighted by molar-refractivity contribution is 7.93. The van der Waals surface area contributed by atoms with E-state index in [0.717, 1.165) is 12.2 Å². The summed E-state index contributed by atoms with van der Waals surface area (Å²) < 4.78 is 47.4. The van der Waals surface area contributed by atoms with E-state index in [1.807, 2.05) is 0 Å². The van der Waals surface area contributed by atoms with Crippen molar-refractivity contribution in [1.29, 1.82) is 0 Å². The molecular weight excluding hydrogens is 236 g/mol. The van der Waals surface area contributed by atoms with Crippen LogP contribution in [-0.4, -0.2) is 40.5 Å². The number of sulfonamides is 2. The SMILES string of the molecule is O=C=NS(=O)(=O)CCS(=O)(=O)N=C=O. The Morgan fingerprint density at radius 1 is 0.786 bits per heavy atom. The average Bonchev–Trinajstić information content (AvgIpc) is 2.01. The van der Waals surface area contributed by atoms with Gasteiger partial charge < -0.3 is 0 Å². The van der Waals surface area contributed by atoms with Crippen LogP contribution >= 0.6 is 0 Å². The van der Waals surface area contributed by atoms with E-state index in [1.54, 1.807) is 0 Å². The Labute approximate surface area is 79.5 Å². The van der Waals surface area contributed by atoms with E-state index in [0.29, 0.717) is 0 Å². The predicted molar refractivity (Wildman–Crippen MR) is 43.8 cm³/mol. The summed E-state index contributed by atoms with van der Waals surface area (Å²) in [5.41, 5.74) is 0. The molecule has 0 aromatic carbocycles. The van der Waals surface area contributed by atoms with Crippen LogP contribution in [0.5, 0.6) is 0 Å². The smallest absolute Gasteiger partial charge is 0.210 e. The molecule has 0 atom stereocenters. The molecule has 0 bridgehead atoms. The summed E-state index contributed by atoms with van der Waals surface area (Å²) in [4.78, 5) is 19.1. The lowest BCUT2D eigenvalue weighted by Crippen LogP contribution is -2.13. The summed E-state index contributed by atoms with van der Waals surface area (Å²) in [6, 6.07) is 0. The number of carbonyl (C=O) groups excluding carboxylic acids is 2. The molecule has 0 heterocycles. The van der Waals surface area contributed by atoms with Gasteiger partial charge in [-0.2, -0.15) is 0 Å². The molecule has 0 saturated heterocycles. The second-order valence-corrected chi connectivity index (χ2v) is 5.45. The monoisotopic (exact) mass is 240 g/mol. The molecule has 0 aromatic rings. The first kappa shape index (κ1) is 12.7. The van der Waals surface area contributed by atoms with E-state index in [1.165, 1.54) is 0 Å². The highest BCUT2D eigenvalue weighted by Gasteiger charge is 2.16. The van der Waals surface area contributed by atoms with Crippen LogP contribution in [0.1, 0.15) is 0 Å². The molecule has 0 radical (unpaired) electrons. The minimum atomic E-state index is -4.15. The Hall–Kier alpha value is -1.34. The molecule has 0 saturated carbocycles. The molecule has 0 fully saturated rings. The number of hydrogen-bond donors (Lipinski definition) is 0. The van der Waals surface area contributed by atoms with E-state index in [2.05, 4.69) is 8.80 Å². The van der Waals surface area contributed by atoms with E-state index >= 15 is 0 Å². The van der Waals surface area contributed by atoms with Gasteiger partial charge in [0.1, 0.15) is 0 Å². The Morgan fingerprint density at radius 3 is 1.29 bits per heavy atom. The molecule has 78 valence electrons. The second kappa shape index (κ2) is 4.77. The largest absolute Gasteiger partial charge is 0.264 e. The third kappa shape index (κ3) is 5.33. The molecule has 0 N–H and O–H groups in total. The average molecular weight is 240 g/mol. The maximum atomic E-state index is 10.6. The maximum absolute atomic E-state index is 10.6. The van der Waals surface area contributed by atoms with Crippen molar-refractivity contribution in [1.82, 2.24) is 0 Å². The topological polar surface area (TPSA) is 127 Å². The third-order valence-corrected chi connectivity index (χ3v) is 3.36. The molecule has 0 spiro atoms. The molecule has 0 rings (SSSR count). The quantitative estimate of drug-likeness (QED) is 0.417. The first-order valence-electron chi connectivity index (χ1n) is 2.96. The van der Waals surface area contributed by atoms with Crippen molar-refractivity contribution >= 4 is 32.2 Å². The van der Waals surface area contributed by atoms with Crippen LogP contribution in [0.15, 0.2) is 8.80 Å². The van der Waals surface area contributed by atoms with E-state index in [-0.39, 0.29) is 0 Å². The summed E-state index contributed by atoms with van der Waals surface area (Å²) >= 11 is 0. The Bertz CT molecular complexity index is 442. The molecule has 0 amide bonds. The molecule has 0 aliphatic rings. The zero-order valence-electron chi connectivity index (χ0n) is 6.57. The van der Waals surface area contributed by atoms with Gasteiger partial charge in [-0.3, -0.25) is 0 Å². The standard InChI is InChI=1S/C4H4N2O6S2/c7-3-5-13(9,10)1-2-14(11,12)6-4-8/h1-2H2. The third-order valence-electron chi connectivity index (χ3n) is 0.952. The lowest BCUT2D eigenvalue weighted by molar-refractivity contribution is 0.561. The molecule has 14 heavy (non-hydrogen) atoms. The van der Waals surface area contributed by atoms with Gasteiger partial charge >= 0.3 is 0 Å². The lowest BCUT2D eigenvalue weighted by Gasteiger charge is -1.93. The predicted octanol–water partition coefficient (Wildman–Crippen LogP) is -1.68. The van der Waals surface area contributed by atoms with Crippen molar-refractivity contribution in [3.63, 3.8) is 0 Å². The van der Waals surface area contributed by atoms with Gasteiger partial charge in [0.25, 0.3) is 32.2 Å². The molecule has 0 unspecified atom stereocenters. The van der Waals surface area contributed by atoms with Crippen LogP contribution in [-0.2, 0) is 29.6 Å². The second-order valence-electron chi connectivity index (χ2n) is 1.94. The Kier molecular flexibility index (Phi) is 4.32. The van der Waals surface area contributed by atoms with Gasteiger partial charge in [-0.05, 0) is 0 Å². The normalized spacial score (nSPS) is 11.1. The van der Waals surface area contributed by atoms with Gasteiger partial charge in [0, 0.05) is 0 Å². The van der Waals surface area contributed by atoms with Crippen molar-refractivity contribution in [2.24, 2.45) is 8.80 Å². The van der Waals surface area contributed by atoms with Crippen LogP contribution in [0, 0.1) is 0 Å². The van der Waals surface area contributed by atoms with Gasteiger partial charge in [0.05, 0.1) is 11.5 Å². The van der Waals surface area contributed by atoms with E-state index in [9.17, 15) is 26.4 Å². The molecule has 0 aliphatic carbocycles. The highest BCUT2D eigenvalue weighted by atomic mass is 32.2. The fraction of sp³-hybridized carbons (Fsp3) is 0.500. The number of nitrogens with zero attached hydrogens (tertiary/aromatic N) is 2. The van der Waals surface area contributed by atoms with Gasteiger partial charge in [0.2, 0.25) is 0 Å². The lowest BCUT2D eigenvalue weighted by atomic mass is 11.0. The molecule has 8 nitrogen and oxygen atoms in total. The molecule has 10 heteroatoms. The first-order valence-corrected chi connectivity index (χ1v) is 6.18. The fourth-order valence-corrected chi connectivity index (χ4v) is 2.51. The van der Waals surface area contributed by atoms with Crippen molar-refractivity contribution in [3.05, 3.63) is 0 Å². The summed E-state index contributed by atoms with van der Waals surface area (Å²) in [5.74, 6) is -1.87. The van der Waals surface area contributed by atoms with Crippen molar-refractivity contribution < 1.29 is 26.4 Å². The molecular formula is C4H4N2O6S2. The van der Waals surface area contributed by atoms with Crippen LogP contribution in [0.4, 0.5) is 0 Å². The summed E-state index contributed by atoms with van der Waals surface area (Å²) in [6.07, 6.45) is 1.52.